The average molecular weight is 297 g/mol. The van der Waals surface area contributed by atoms with E-state index < -0.39 is 5.97 Å². The van der Waals surface area contributed by atoms with Gasteiger partial charge in [0.2, 0.25) is 0 Å². The van der Waals surface area contributed by atoms with Gasteiger partial charge < -0.3 is 10.4 Å². The number of nitrogens with one attached hydrogen (secondary N) is 1. The number of nitrogens with zero attached hydrogens (tertiary/aromatic N) is 1. The number of carboxylic acid groups (broad SMARTS) is 1. The third-order valence-corrected chi connectivity index (χ3v) is 4.12. The van der Waals surface area contributed by atoms with Crippen molar-refractivity contribution in [3.05, 3.63) is 44.7 Å². The summed E-state index contributed by atoms with van der Waals surface area (Å²) in [6, 6.07) is 7.11. The lowest BCUT2D eigenvalue weighted by atomic mass is 10.2. The normalized spacial score (nSPS) is 12.2. The molecule has 2 heterocycles. The first-order valence-corrected chi connectivity index (χ1v) is 6.89. The molecular weight excluding hydrogens is 284 g/mol. The summed E-state index contributed by atoms with van der Waals surface area (Å²) in [6.45, 7) is 3.69. The summed E-state index contributed by atoms with van der Waals surface area (Å²) in [7, 11) is 0. The van der Waals surface area contributed by atoms with Crippen LogP contribution in [0.15, 0.2) is 24.3 Å². The second-order valence-corrected chi connectivity index (χ2v) is 5.89. The van der Waals surface area contributed by atoms with Crippen LogP contribution in [0, 0.1) is 6.92 Å². The van der Waals surface area contributed by atoms with Crippen LogP contribution in [-0.4, -0.2) is 16.1 Å². The van der Waals surface area contributed by atoms with Crippen molar-refractivity contribution in [3.8, 4) is 0 Å². The van der Waals surface area contributed by atoms with Crippen molar-refractivity contribution in [3.63, 3.8) is 0 Å². The van der Waals surface area contributed by atoms with Crippen molar-refractivity contribution in [1.82, 2.24) is 4.98 Å². The second-order valence-electron chi connectivity index (χ2n) is 4.14. The van der Waals surface area contributed by atoms with Crippen LogP contribution in [0.5, 0.6) is 0 Å². The van der Waals surface area contributed by atoms with Gasteiger partial charge in [-0.3, -0.25) is 0 Å². The van der Waals surface area contributed by atoms with E-state index in [9.17, 15) is 4.79 Å². The van der Waals surface area contributed by atoms with Crippen LogP contribution in [0.25, 0.3) is 0 Å². The van der Waals surface area contributed by atoms with Crippen LogP contribution in [0.3, 0.4) is 0 Å². The highest BCUT2D eigenvalue weighted by Gasteiger charge is 2.12. The fourth-order valence-corrected chi connectivity index (χ4v) is 2.78. The van der Waals surface area contributed by atoms with E-state index in [1.54, 1.807) is 19.1 Å². The number of hydrogen-bond acceptors (Lipinski definition) is 4. The van der Waals surface area contributed by atoms with Crippen molar-refractivity contribution >= 4 is 34.7 Å². The molecule has 0 radical (unpaired) electrons. The Bertz CT molecular complexity index is 612. The van der Waals surface area contributed by atoms with Crippen LogP contribution in [0.2, 0.25) is 4.34 Å². The first-order chi connectivity index (χ1) is 8.97. The molecule has 0 aliphatic heterocycles. The summed E-state index contributed by atoms with van der Waals surface area (Å²) in [4.78, 5) is 16.3. The standard InChI is InChI=1S/C13H13ClN2O2S/c1-7-9(13(17)18)3-6-12(15-7)16-8(2)10-4-5-11(14)19-10/h3-6,8H,1-2H3,(H,15,16)(H,17,18). The Hall–Kier alpha value is -1.59. The van der Waals surface area contributed by atoms with Gasteiger partial charge in [-0.1, -0.05) is 11.6 Å². The largest absolute Gasteiger partial charge is 0.478 e. The summed E-state index contributed by atoms with van der Waals surface area (Å²) < 4.78 is 0.744. The summed E-state index contributed by atoms with van der Waals surface area (Å²) in [5.74, 6) is -0.311. The zero-order chi connectivity index (χ0) is 14.0. The number of aromatic nitrogens is 1. The number of halogens is 1. The highest BCUT2D eigenvalue weighted by atomic mass is 35.5. The molecule has 0 aliphatic carbocycles. The molecule has 2 N–H and O–H groups in total. The third-order valence-electron chi connectivity index (χ3n) is 2.70. The van der Waals surface area contributed by atoms with Gasteiger partial charge in [-0.15, -0.1) is 11.3 Å². The monoisotopic (exact) mass is 296 g/mol. The molecule has 6 heteroatoms. The molecule has 100 valence electrons. The van der Waals surface area contributed by atoms with E-state index in [-0.39, 0.29) is 11.6 Å². The molecule has 0 spiro atoms. The van der Waals surface area contributed by atoms with E-state index in [1.807, 2.05) is 19.1 Å². The highest BCUT2D eigenvalue weighted by Crippen LogP contribution is 2.28. The first-order valence-electron chi connectivity index (χ1n) is 5.70. The Morgan fingerprint density at radius 1 is 1.42 bits per heavy atom. The maximum absolute atomic E-state index is 10.9. The Balaban J connectivity index is 2.15. The first kappa shape index (κ1) is 13.8. The molecule has 0 amide bonds. The van der Waals surface area contributed by atoms with Gasteiger partial charge >= 0.3 is 5.97 Å². The fourth-order valence-electron chi connectivity index (χ4n) is 1.72. The van der Waals surface area contributed by atoms with E-state index in [0.29, 0.717) is 11.5 Å². The van der Waals surface area contributed by atoms with Gasteiger partial charge in [-0.05, 0) is 38.1 Å². The highest BCUT2D eigenvalue weighted by molar-refractivity contribution is 7.16. The Labute approximate surface area is 120 Å². The molecule has 0 saturated heterocycles. The van der Waals surface area contributed by atoms with Gasteiger partial charge in [0.1, 0.15) is 5.82 Å². The molecule has 19 heavy (non-hydrogen) atoms. The number of thiophene rings is 1. The SMILES string of the molecule is Cc1nc(NC(C)c2ccc(Cl)s2)ccc1C(=O)O. The van der Waals surface area contributed by atoms with Crippen molar-refractivity contribution in [2.45, 2.75) is 19.9 Å². The summed E-state index contributed by atoms with van der Waals surface area (Å²) >= 11 is 7.41. The zero-order valence-corrected chi connectivity index (χ0v) is 12.0. The molecule has 1 atom stereocenters. The van der Waals surface area contributed by atoms with E-state index in [4.69, 9.17) is 16.7 Å². The number of carbonyl (C=O) groups is 1. The minimum Gasteiger partial charge on any atom is -0.478 e. The van der Waals surface area contributed by atoms with Gasteiger partial charge in [0.15, 0.2) is 0 Å². The topological polar surface area (TPSA) is 62.2 Å². The Kier molecular flexibility index (Phi) is 4.07. The average Bonchev–Trinajstić information content (AvgIpc) is 2.75. The van der Waals surface area contributed by atoms with Crippen LogP contribution in [-0.2, 0) is 0 Å². The van der Waals surface area contributed by atoms with Gasteiger partial charge in [0.25, 0.3) is 0 Å². The lowest BCUT2D eigenvalue weighted by molar-refractivity contribution is 0.0695. The number of anilines is 1. The lowest BCUT2D eigenvalue weighted by Crippen LogP contribution is -2.09. The molecule has 0 saturated carbocycles. The van der Waals surface area contributed by atoms with Crippen LogP contribution in [0.1, 0.15) is 33.9 Å². The van der Waals surface area contributed by atoms with Crippen molar-refractivity contribution in [2.24, 2.45) is 0 Å². The molecule has 0 aromatic carbocycles. The molecule has 2 aromatic heterocycles. The van der Waals surface area contributed by atoms with Crippen LogP contribution in [0.4, 0.5) is 5.82 Å². The Morgan fingerprint density at radius 3 is 2.68 bits per heavy atom. The number of pyridine rings is 1. The number of carboxylic acids is 1. The fraction of sp³-hybridized carbons (Fsp3) is 0.231. The summed E-state index contributed by atoms with van der Waals surface area (Å²) in [6.07, 6.45) is 0. The van der Waals surface area contributed by atoms with E-state index in [0.717, 1.165) is 9.21 Å². The molecule has 2 aromatic rings. The molecule has 0 fully saturated rings. The maximum atomic E-state index is 10.9. The smallest absolute Gasteiger partial charge is 0.337 e. The predicted molar refractivity (Wildman–Crippen MR) is 77.3 cm³/mol. The second kappa shape index (κ2) is 5.59. The van der Waals surface area contributed by atoms with Gasteiger partial charge in [-0.2, -0.15) is 0 Å². The molecule has 4 nitrogen and oxygen atoms in total. The molecular formula is C13H13ClN2O2S. The summed E-state index contributed by atoms with van der Waals surface area (Å²) in [5, 5.41) is 12.2. The van der Waals surface area contributed by atoms with Crippen LogP contribution >= 0.6 is 22.9 Å². The predicted octanol–water partition coefficient (Wildman–Crippen LogP) is 3.98. The van der Waals surface area contributed by atoms with Crippen molar-refractivity contribution < 1.29 is 9.90 Å². The number of aryl methyl sites for hydroxylation is 1. The van der Waals surface area contributed by atoms with Gasteiger partial charge in [0, 0.05) is 4.88 Å². The van der Waals surface area contributed by atoms with Crippen LogP contribution < -0.4 is 5.32 Å². The lowest BCUT2D eigenvalue weighted by Gasteiger charge is -2.13. The van der Waals surface area contributed by atoms with Gasteiger partial charge in [-0.25, -0.2) is 9.78 Å². The maximum Gasteiger partial charge on any atom is 0.337 e. The molecule has 1 unspecified atom stereocenters. The van der Waals surface area contributed by atoms with Gasteiger partial charge in [0.05, 0.1) is 21.6 Å². The van der Waals surface area contributed by atoms with Crippen molar-refractivity contribution in [1.29, 1.82) is 0 Å². The molecule has 2 rings (SSSR count). The zero-order valence-electron chi connectivity index (χ0n) is 10.5. The van der Waals surface area contributed by atoms with E-state index in [2.05, 4.69) is 10.3 Å². The Morgan fingerprint density at radius 2 is 2.16 bits per heavy atom. The summed E-state index contributed by atoms with van der Waals surface area (Å²) in [5.41, 5.74) is 0.714. The minimum atomic E-state index is -0.963. The minimum absolute atomic E-state index is 0.0695. The third kappa shape index (κ3) is 3.24. The molecule has 0 bridgehead atoms. The number of aromatic carboxylic acids is 1. The van der Waals surface area contributed by atoms with E-state index >= 15 is 0 Å². The van der Waals surface area contributed by atoms with Crippen molar-refractivity contribution in [2.75, 3.05) is 5.32 Å². The molecule has 0 aliphatic rings. The van der Waals surface area contributed by atoms with E-state index in [1.165, 1.54) is 11.3 Å². The number of hydrogen-bond donors (Lipinski definition) is 2. The number of rotatable bonds is 4. The quantitative estimate of drug-likeness (QED) is 0.896.